The van der Waals surface area contributed by atoms with E-state index in [2.05, 4.69) is 0 Å². The minimum atomic E-state index is -2.77. The lowest BCUT2D eigenvalue weighted by atomic mass is 9.57. The summed E-state index contributed by atoms with van der Waals surface area (Å²) in [6.07, 6.45) is 3.11. The molecule has 4 aliphatic rings. The summed E-state index contributed by atoms with van der Waals surface area (Å²) in [5.41, 5.74) is -2.27. The van der Waals surface area contributed by atoms with Crippen molar-refractivity contribution in [3.63, 3.8) is 0 Å². The lowest BCUT2D eigenvalue weighted by molar-refractivity contribution is -0.125. The molecule has 0 radical (unpaired) electrons. The molecule has 2 aliphatic heterocycles. The first-order valence-corrected chi connectivity index (χ1v) is 17.2. The zero-order valence-corrected chi connectivity index (χ0v) is 30.1. The number of ether oxygens (including phenoxy) is 2. The van der Waals surface area contributed by atoms with Gasteiger partial charge in [0.25, 0.3) is 11.8 Å². The summed E-state index contributed by atoms with van der Waals surface area (Å²) in [6.45, 7) is 0. The molecule has 3 aromatic carbocycles. The van der Waals surface area contributed by atoms with E-state index in [1.807, 2.05) is 0 Å². The minimum Gasteiger partial charge on any atom is -0.507 e. The molecule has 12 nitrogen and oxygen atoms in total. The summed E-state index contributed by atoms with van der Waals surface area (Å²) in [5, 5.41) is 30.1. The number of halogens is 7. The molecule has 3 fully saturated rings. The first-order valence-electron chi connectivity index (χ1n) is 16.4. The van der Waals surface area contributed by atoms with Gasteiger partial charge in [0, 0.05) is 12.0 Å². The Hall–Kier alpha value is -5.68. The fourth-order valence-electron chi connectivity index (χ4n) is 8.13. The number of aromatic carboxylic acids is 1. The second kappa shape index (κ2) is 13.2. The van der Waals surface area contributed by atoms with Crippen LogP contribution >= 0.6 is 23.2 Å². The van der Waals surface area contributed by atoms with Crippen LogP contribution in [0.25, 0.3) is 6.08 Å². The van der Waals surface area contributed by atoms with Crippen LogP contribution in [0.4, 0.5) is 33.3 Å². The fourth-order valence-corrected chi connectivity index (χ4v) is 9.02. The number of benzene rings is 3. The molecule has 19 heteroatoms. The van der Waals surface area contributed by atoms with Gasteiger partial charge in [-0.2, -0.15) is 0 Å². The fraction of sp³-hybridized carbons (Fsp3) is 0.270. The third kappa shape index (κ3) is 5.12. The van der Waals surface area contributed by atoms with Gasteiger partial charge in [-0.15, -0.1) is 23.2 Å². The van der Waals surface area contributed by atoms with E-state index in [4.69, 9.17) is 32.7 Å². The summed E-state index contributed by atoms with van der Waals surface area (Å²) in [6, 6.07) is 5.65. The van der Waals surface area contributed by atoms with E-state index < -0.39 is 116 Å². The Morgan fingerprint density at radius 1 is 0.839 bits per heavy atom. The number of nitrogens with zero attached hydrogens (tertiary/aromatic N) is 2. The number of allylic oxidation sites excluding steroid dienone is 3. The van der Waals surface area contributed by atoms with Crippen molar-refractivity contribution >= 4 is 70.3 Å². The molecular weight excluding hydrogens is 798 g/mol. The number of phenolic OH excluding ortho intramolecular Hbond substituents is 1. The maximum atomic E-state index is 15.3. The van der Waals surface area contributed by atoms with Gasteiger partial charge in [0.1, 0.15) is 17.0 Å². The van der Waals surface area contributed by atoms with Crippen molar-refractivity contribution in [1.82, 2.24) is 0 Å². The van der Waals surface area contributed by atoms with Gasteiger partial charge in [-0.1, -0.05) is 23.8 Å². The number of methoxy groups -OCH3 is 2. The molecule has 0 spiro atoms. The van der Waals surface area contributed by atoms with Crippen molar-refractivity contribution in [3.8, 4) is 23.0 Å². The van der Waals surface area contributed by atoms with Crippen molar-refractivity contribution in [2.75, 3.05) is 24.0 Å². The van der Waals surface area contributed by atoms with Gasteiger partial charge in [0.15, 0.2) is 44.5 Å². The van der Waals surface area contributed by atoms with E-state index in [1.54, 1.807) is 0 Å². The van der Waals surface area contributed by atoms with Crippen LogP contribution in [0, 0.1) is 52.8 Å². The predicted molar refractivity (Wildman–Crippen MR) is 185 cm³/mol. The normalized spacial score (nSPS) is 27.1. The van der Waals surface area contributed by atoms with E-state index in [9.17, 15) is 52.5 Å². The number of imide groups is 2. The molecule has 0 bridgehead atoms. The number of carboxylic acid groups (broad SMARTS) is 1. The summed E-state index contributed by atoms with van der Waals surface area (Å²) in [4.78, 5) is 63.1. The Kier molecular flexibility index (Phi) is 9.11. The summed E-state index contributed by atoms with van der Waals surface area (Å²) in [5.74, 6) is -25.7. The van der Waals surface area contributed by atoms with E-state index >= 15 is 8.78 Å². The first kappa shape index (κ1) is 38.6. The standard InChI is InChI=1S/C37H25Cl2F5N2O10/c1-55-21-9-13(10-22(56-2)30(21)48)3-8-19-15-6-7-17-23(32(50)45(31(17)49)14-4-5-16(33(51)52)20(47)11-14)18(15)12-36(38)34(53)46(35(54)37(19,36)39)29-27(43)25(41)24(40)26(42)28(29)44/h3-6,8-11,17-19,23,47-48H,7,12H2,1-2H3,(H,51,52). The predicted octanol–water partition coefficient (Wildman–Crippen LogP) is 5.82. The summed E-state index contributed by atoms with van der Waals surface area (Å²) >= 11 is 14.2. The molecule has 4 amide bonds. The van der Waals surface area contributed by atoms with Crippen LogP contribution in [0.2, 0.25) is 0 Å². The Bertz CT molecular complexity index is 2340. The van der Waals surface area contributed by atoms with Crippen molar-refractivity contribution in [1.29, 1.82) is 0 Å². The molecule has 3 aromatic rings. The molecule has 2 aliphatic carbocycles. The third-order valence-corrected chi connectivity index (χ3v) is 12.2. The zero-order chi connectivity index (χ0) is 40.9. The Balaban J connectivity index is 1.40. The van der Waals surface area contributed by atoms with Crippen molar-refractivity contribution in [2.45, 2.75) is 22.6 Å². The quantitative estimate of drug-likeness (QED) is 0.0659. The van der Waals surface area contributed by atoms with E-state index in [1.165, 1.54) is 44.6 Å². The summed E-state index contributed by atoms with van der Waals surface area (Å²) < 4.78 is 84.0. The number of amides is 4. The van der Waals surface area contributed by atoms with Gasteiger partial charge in [-0.05, 0) is 48.6 Å². The number of rotatable bonds is 7. The third-order valence-electron chi connectivity index (χ3n) is 10.7. The largest absolute Gasteiger partial charge is 0.507 e. The Labute approximate surface area is 321 Å². The maximum Gasteiger partial charge on any atom is 0.339 e. The first-order chi connectivity index (χ1) is 26.3. The van der Waals surface area contributed by atoms with Crippen LogP contribution in [-0.2, 0) is 19.2 Å². The van der Waals surface area contributed by atoms with Gasteiger partial charge in [0.2, 0.25) is 23.4 Å². The molecule has 1 saturated carbocycles. The Morgan fingerprint density at radius 2 is 1.43 bits per heavy atom. The van der Waals surface area contributed by atoms with Gasteiger partial charge < -0.3 is 24.8 Å². The lowest BCUT2D eigenvalue weighted by Crippen LogP contribution is -2.60. The average molecular weight is 824 g/mol. The molecule has 2 heterocycles. The number of carbonyl (C=O) groups excluding carboxylic acids is 4. The smallest absolute Gasteiger partial charge is 0.339 e. The van der Waals surface area contributed by atoms with E-state index in [-0.39, 0.29) is 45.4 Å². The van der Waals surface area contributed by atoms with Gasteiger partial charge >= 0.3 is 5.97 Å². The van der Waals surface area contributed by atoms with E-state index in [0.717, 1.165) is 18.2 Å². The SMILES string of the molecule is COc1cc(C=CC2C3=CCC4C(=O)N(c5ccc(C(=O)O)c(O)c5)C(=O)C4C3CC3(Cl)C(=O)N(c4c(F)c(F)c(F)c(F)c4F)C(=O)C23Cl)cc(OC)c1O. The zero-order valence-electron chi connectivity index (χ0n) is 28.6. The second-order valence-electron chi connectivity index (χ2n) is 13.4. The number of aromatic hydroxyl groups is 2. The molecule has 2 saturated heterocycles. The Morgan fingerprint density at radius 3 is 1.98 bits per heavy atom. The number of fused-ring (bicyclic) bond motifs is 4. The highest BCUT2D eigenvalue weighted by Gasteiger charge is 2.76. The molecule has 292 valence electrons. The van der Waals surface area contributed by atoms with Crippen LogP contribution < -0.4 is 19.3 Å². The van der Waals surface area contributed by atoms with Crippen molar-refractivity contribution < 1.29 is 70.7 Å². The molecule has 0 aromatic heterocycles. The molecule has 7 rings (SSSR count). The van der Waals surface area contributed by atoms with Crippen LogP contribution in [0.3, 0.4) is 0 Å². The summed E-state index contributed by atoms with van der Waals surface area (Å²) in [7, 11) is 2.49. The van der Waals surface area contributed by atoms with Crippen molar-refractivity contribution in [2.24, 2.45) is 23.7 Å². The van der Waals surface area contributed by atoms with E-state index in [0.29, 0.717) is 4.90 Å². The molecule has 3 N–H and O–H groups in total. The number of anilines is 2. The van der Waals surface area contributed by atoms with Crippen LogP contribution in [0.5, 0.6) is 23.0 Å². The maximum absolute atomic E-state index is 15.3. The number of hydrogen-bond donors (Lipinski definition) is 3. The number of carbonyl (C=O) groups is 5. The highest BCUT2D eigenvalue weighted by Crippen LogP contribution is 2.64. The van der Waals surface area contributed by atoms with Gasteiger partial charge in [-0.25, -0.2) is 36.5 Å². The number of phenols is 2. The minimum absolute atomic E-state index is 0.0697. The van der Waals surface area contributed by atoms with Crippen LogP contribution in [-0.4, -0.2) is 68.9 Å². The van der Waals surface area contributed by atoms with Crippen LogP contribution in [0.15, 0.2) is 48.1 Å². The molecule has 6 atom stereocenters. The number of hydrogen-bond acceptors (Lipinski definition) is 9. The number of alkyl halides is 2. The average Bonchev–Trinajstić information content (AvgIpc) is 3.50. The highest BCUT2D eigenvalue weighted by molar-refractivity contribution is 6.58. The van der Waals surface area contributed by atoms with Crippen molar-refractivity contribution in [3.05, 3.63) is 88.3 Å². The molecule has 56 heavy (non-hydrogen) atoms. The highest BCUT2D eigenvalue weighted by atomic mass is 35.5. The monoisotopic (exact) mass is 822 g/mol. The topological polar surface area (TPSA) is 171 Å². The number of carboxylic acids is 1. The van der Waals surface area contributed by atoms with Crippen LogP contribution in [0.1, 0.15) is 28.8 Å². The molecule has 6 unspecified atom stereocenters. The molecular formula is C37H25Cl2F5N2O10. The van der Waals surface area contributed by atoms with Gasteiger partial charge in [0.05, 0.1) is 31.7 Å². The van der Waals surface area contributed by atoms with Gasteiger partial charge in [-0.3, -0.25) is 19.2 Å². The second-order valence-corrected chi connectivity index (χ2v) is 14.6. The lowest BCUT2D eigenvalue weighted by Gasteiger charge is -2.49.